The summed E-state index contributed by atoms with van der Waals surface area (Å²) in [5.41, 5.74) is -1.87. The molecule has 0 unspecified atom stereocenters. The highest BCUT2D eigenvalue weighted by Gasteiger charge is 2.33. The summed E-state index contributed by atoms with van der Waals surface area (Å²) >= 11 is 0. The summed E-state index contributed by atoms with van der Waals surface area (Å²) in [5.74, 6) is 0. The topological polar surface area (TPSA) is 35.5 Å². The van der Waals surface area contributed by atoms with E-state index in [2.05, 4.69) is 9.47 Å². The highest BCUT2D eigenvalue weighted by Crippen LogP contribution is 2.20. The van der Waals surface area contributed by atoms with Gasteiger partial charge in [0.15, 0.2) is 0 Å². The smallest absolute Gasteiger partial charge is 0.435 e. The van der Waals surface area contributed by atoms with Gasteiger partial charge in [-0.15, -0.1) is 0 Å². The fourth-order valence-electron chi connectivity index (χ4n) is 0.594. The maximum absolute atomic E-state index is 12.2. The van der Waals surface area contributed by atoms with Crippen LogP contribution in [0.15, 0.2) is 0 Å². The van der Waals surface area contributed by atoms with Gasteiger partial charge in [-0.05, 0) is 6.92 Å². The molecular weight excluding hydrogens is 201 g/mol. The van der Waals surface area contributed by atoms with Crippen molar-refractivity contribution < 1.29 is 27.4 Å². The Morgan fingerprint density at radius 2 is 1.64 bits per heavy atom. The maximum atomic E-state index is 12.2. The third-order valence-corrected chi connectivity index (χ3v) is 1.61. The summed E-state index contributed by atoms with van der Waals surface area (Å²) in [5, 5.41) is 0. The van der Waals surface area contributed by atoms with Crippen molar-refractivity contribution in [2.45, 2.75) is 6.92 Å². The van der Waals surface area contributed by atoms with Gasteiger partial charge in [-0.2, -0.15) is 0 Å². The Balaban J connectivity index is 3.99. The third kappa shape index (κ3) is 3.85. The van der Waals surface area contributed by atoms with Crippen LogP contribution in [-0.4, -0.2) is 39.4 Å². The molecule has 0 spiro atoms. The van der Waals surface area contributed by atoms with Crippen LogP contribution in [0.25, 0.3) is 0 Å². The van der Waals surface area contributed by atoms with Gasteiger partial charge >= 0.3 is 6.16 Å². The summed E-state index contributed by atoms with van der Waals surface area (Å²) < 4.78 is 45.4. The van der Waals surface area contributed by atoms with Crippen LogP contribution < -0.4 is 0 Å². The molecule has 0 aliphatic heterocycles. The molecule has 6 heteroatoms. The molecule has 0 amide bonds. The largest absolute Gasteiger partial charge is 0.508 e. The summed E-state index contributed by atoms with van der Waals surface area (Å²) in [6.07, 6.45) is -1.05. The van der Waals surface area contributed by atoms with Crippen molar-refractivity contribution in [3.8, 4) is 0 Å². The lowest BCUT2D eigenvalue weighted by Gasteiger charge is -2.22. The lowest BCUT2D eigenvalue weighted by atomic mass is 9.95. The zero-order valence-corrected chi connectivity index (χ0v) is 7.89. The monoisotopic (exact) mass is 214 g/mol. The Bertz CT molecular complexity index is 163. The molecule has 3 nitrogen and oxygen atoms in total. The van der Waals surface area contributed by atoms with Crippen LogP contribution in [0.4, 0.5) is 18.0 Å². The van der Waals surface area contributed by atoms with Gasteiger partial charge in [0.05, 0.1) is 12.0 Å². The van der Waals surface area contributed by atoms with Crippen LogP contribution >= 0.6 is 0 Å². The molecule has 0 saturated carbocycles. The minimum atomic E-state index is -1.87. The predicted octanol–water partition coefficient (Wildman–Crippen LogP) is 2.05. The van der Waals surface area contributed by atoms with Crippen LogP contribution in [0.5, 0.6) is 0 Å². The number of carbonyl (C=O) groups is 1. The van der Waals surface area contributed by atoms with Crippen LogP contribution in [0.3, 0.4) is 0 Å². The van der Waals surface area contributed by atoms with E-state index in [9.17, 15) is 18.0 Å². The van der Waals surface area contributed by atoms with Gasteiger partial charge in [0.25, 0.3) is 0 Å². The first-order valence-electron chi connectivity index (χ1n) is 4.11. The van der Waals surface area contributed by atoms with Gasteiger partial charge in [0.2, 0.25) is 0 Å². The van der Waals surface area contributed by atoms with Crippen molar-refractivity contribution in [1.29, 1.82) is 0 Å². The fraction of sp³-hybridized carbons (Fsp3) is 0.875. The van der Waals surface area contributed by atoms with E-state index in [4.69, 9.17) is 0 Å². The highest BCUT2D eigenvalue weighted by atomic mass is 19.1. The maximum Gasteiger partial charge on any atom is 0.508 e. The number of ether oxygens (including phenoxy) is 2. The molecule has 0 N–H and O–H groups in total. The molecule has 14 heavy (non-hydrogen) atoms. The molecule has 0 aromatic rings. The second kappa shape index (κ2) is 6.50. The Kier molecular flexibility index (Phi) is 6.07. The van der Waals surface area contributed by atoms with Crippen molar-refractivity contribution >= 4 is 6.16 Å². The molecular formula is C8H13F3O3. The number of halogens is 3. The average Bonchev–Trinajstić information content (AvgIpc) is 2.21. The zero-order chi connectivity index (χ0) is 11.0. The second-order valence-electron chi connectivity index (χ2n) is 2.87. The zero-order valence-electron chi connectivity index (χ0n) is 7.89. The first kappa shape index (κ1) is 13.1. The number of alkyl halides is 3. The van der Waals surface area contributed by atoms with Crippen molar-refractivity contribution in [2.75, 3.05) is 33.2 Å². The first-order chi connectivity index (χ1) is 6.64. The van der Waals surface area contributed by atoms with Gasteiger partial charge in [-0.3, -0.25) is 13.2 Å². The Hall–Kier alpha value is -0.940. The average molecular weight is 214 g/mol. The van der Waals surface area contributed by atoms with Gasteiger partial charge in [-0.1, -0.05) is 0 Å². The summed E-state index contributed by atoms with van der Waals surface area (Å²) in [6, 6.07) is 0. The minimum Gasteiger partial charge on any atom is -0.435 e. The molecule has 0 saturated heterocycles. The minimum absolute atomic E-state index is 0.0900. The quantitative estimate of drug-likeness (QED) is 0.635. The first-order valence-corrected chi connectivity index (χ1v) is 4.11. The molecule has 84 valence electrons. The van der Waals surface area contributed by atoms with E-state index in [1.807, 2.05) is 0 Å². The molecule has 0 atom stereocenters. The number of hydrogen-bond donors (Lipinski definition) is 0. The van der Waals surface area contributed by atoms with E-state index in [0.29, 0.717) is 0 Å². The SMILES string of the molecule is CCOC(=O)OCC(CF)(CF)CF. The van der Waals surface area contributed by atoms with Crippen LogP contribution in [0.2, 0.25) is 0 Å². The van der Waals surface area contributed by atoms with Gasteiger partial charge < -0.3 is 9.47 Å². The summed E-state index contributed by atoms with van der Waals surface area (Å²) in [4.78, 5) is 10.6. The number of rotatable bonds is 6. The van der Waals surface area contributed by atoms with E-state index in [1.165, 1.54) is 0 Å². The van der Waals surface area contributed by atoms with Gasteiger partial charge in [-0.25, -0.2) is 4.79 Å². The van der Waals surface area contributed by atoms with Crippen molar-refractivity contribution in [3.05, 3.63) is 0 Å². The van der Waals surface area contributed by atoms with E-state index < -0.39 is 38.2 Å². The van der Waals surface area contributed by atoms with E-state index >= 15 is 0 Å². The fourth-order valence-corrected chi connectivity index (χ4v) is 0.594. The molecule has 0 aromatic carbocycles. The number of carbonyl (C=O) groups excluding carboxylic acids is 1. The van der Waals surface area contributed by atoms with Crippen LogP contribution in [-0.2, 0) is 9.47 Å². The molecule has 0 radical (unpaired) electrons. The Labute approximate surface area is 80.2 Å². The predicted molar refractivity (Wildman–Crippen MR) is 43.3 cm³/mol. The molecule has 0 fully saturated rings. The lowest BCUT2D eigenvalue weighted by Crippen LogP contribution is -2.35. The third-order valence-electron chi connectivity index (χ3n) is 1.61. The van der Waals surface area contributed by atoms with Crippen molar-refractivity contribution in [1.82, 2.24) is 0 Å². The van der Waals surface area contributed by atoms with Gasteiger partial charge in [0.1, 0.15) is 26.6 Å². The summed E-state index contributed by atoms with van der Waals surface area (Å²) in [7, 11) is 0. The van der Waals surface area contributed by atoms with E-state index in [1.54, 1.807) is 6.92 Å². The Morgan fingerprint density at radius 1 is 1.14 bits per heavy atom. The van der Waals surface area contributed by atoms with Crippen molar-refractivity contribution in [2.24, 2.45) is 5.41 Å². The molecule has 0 aliphatic carbocycles. The number of hydrogen-bond acceptors (Lipinski definition) is 3. The van der Waals surface area contributed by atoms with Crippen molar-refractivity contribution in [3.63, 3.8) is 0 Å². The normalized spacial score (nSPS) is 11.1. The van der Waals surface area contributed by atoms with Crippen LogP contribution in [0.1, 0.15) is 6.92 Å². The lowest BCUT2D eigenvalue weighted by molar-refractivity contribution is -0.00413. The van der Waals surface area contributed by atoms with E-state index in [-0.39, 0.29) is 6.61 Å². The molecule has 0 aromatic heterocycles. The Morgan fingerprint density at radius 3 is 2.00 bits per heavy atom. The second-order valence-corrected chi connectivity index (χ2v) is 2.87. The van der Waals surface area contributed by atoms with Crippen LogP contribution in [0, 0.1) is 5.41 Å². The van der Waals surface area contributed by atoms with Gasteiger partial charge in [0, 0.05) is 0 Å². The highest BCUT2D eigenvalue weighted by molar-refractivity contribution is 5.59. The molecule has 0 rings (SSSR count). The molecule has 0 bridgehead atoms. The summed E-state index contributed by atoms with van der Waals surface area (Å²) in [6.45, 7) is -2.69. The standard InChI is InChI=1S/C8H13F3O3/c1-2-13-7(12)14-6-8(3-9,4-10)5-11/h2-6H2,1H3. The molecule has 0 aliphatic rings. The van der Waals surface area contributed by atoms with E-state index in [0.717, 1.165) is 0 Å². The molecule has 0 heterocycles.